The summed E-state index contributed by atoms with van der Waals surface area (Å²) in [5.74, 6) is -2.65. The summed E-state index contributed by atoms with van der Waals surface area (Å²) in [6.45, 7) is 7.18. The van der Waals surface area contributed by atoms with Gasteiger partial charge in [0.25, 0.3) is 0 Å². The average molecular weight is 316 g/mol. The second kappa shape index (κ2) is 6.89. The van der Waals surface area contributed by atoms with Crippen molar-refractivity contribution in [3.63, 3.8) is 0 Å². The average Bonchev–Trinajstić information content (AvgIpc) is 2.32. The summed E-state index contributed by atoms with van der Waals surface area (Å²) in [7, 11) is 0. The number of carbonyl (C=O) groups is 2. The number of anilines is 1. The van der Waals surface area contributed by atoms with Gasteiger partial charge < -0.3 is 10.1 Å². The van der Waals surface area contributed by atoms with Gasteiger partial charge in [0.2, 0.25) is 5.91 Å². The van der Waals surface area contributed by atoms with Crippen LogP contribution in [0.2, 0.25) is 5.02 Å². The van der Waals surface area contributed by atoms with Gasteiger partial charge in [0, 0.05) is 5.69 Å². The zero-order valence-electron chi connectivity index (χ0n) is 12.5. The lowest BCUT2D eigenvalue weighted by molar-refractivity contribution is -0.155. The zero-order valence-corrected chi connectivity index (χ0v) is 13.3. The first-order chi connectivity index (χ1) is 9.66. The second-order valence-corrected chi connectivity index (χ2v) is 6.08. The van der Waals surface area contributed by atoms with Crippen LogP contribution in [-0.4, -0.2) is 18.5 Å². The Morgan fingerprint density at radius 1 is 1.38 bits per heavy atom. The molecule has 1 N–H and O–H groups in total. The van der Waals surface area contributed by atoms with Gasteiger partial charge in [-0.15, -0.1) is 0 Å². The number of carbonyl (C=O) groups excluding carboxylic acids is 2. The number of ether oxygens (including phenoxy) is 1. The number of rotatable bonds is 4. The zero-order chi connectivity index (χ0) is 16.2. The van der Waals surface area contributed by atoms with Gasteiger partial charge >= 0.3 is 5.97 Å². The predicted octanol–water partition coefficient (Wildman–Crippen LogP) is 3.64. The third-order valence-electron chi connectivity index (χ3n) is 2.84. The van der Waals surface area contributed by atoms with E-state index in [4.69, 9.17) is 16.3 Å². The van der Waals surface area contributed by atoms with E-state index < -0.39 is 29.0 Å². The van der Waals surface area contributed by atoms with E-state index in [1.807, 2.05) is 0 Å². The van der Waals surface area contributed by atoms with Gasteiger partial charge in [-0.25, -0.2) is 4.39 Å². The molecule has 0 spiro atoms. The molecule has 0 heterocycles. The topological polar surface area (TPSA) is 55.4 Å². The summed E-state index contributed by atoms with van der Waals surface area (Å²) >= 11 is 5.66. The Morgan fingerprint density at radius 2 is 2.00 bits per heavy atom. The molecule has 1 aromatic rings. The van der Waals surface area contributed by atoms with Crippen LogP contribution in [0.3, 0.4) is 0 Å². The number of nitrogens with one attached hydrogen (secondary N) is 1. The molecule has 0 aliphatic carbocycles. The molecular formula is C15H19ClFNO3. The lowest BCUT2D eigenvalue weighted by Crippen LogP contribution is -2.40. The van der Waals surface area contributed by atoms with Crippen LogP contribution in [0.1, 0.15) is 27.7 Å². The molecule has 1 aromatic carbocycles. The maximum atomic E-state index is 13.1. The molecule has 1 amide bonds. The highest BCUT2D eigenvalue weighted by Crippen LogP contribution is 2.29. The van der Waals surface area contributed by atoms with Gasteiger partial charge in [-0.05, 0) is 30.5 Å². The predicted molar refractivity (Wildman–Crippen MR) is 79.6 cm³/mol. The van der Waals surface area contributed by atoms with Gasteiger partial charge in [0.05, 0.1) is 11.6 Å². The molecule has 1 atom stereocenters. The molecule has 0 fully saturated rings. The van der Waals surface area contributed by atoms with Crippen molar-refractivity contribution >= 4 is 29.2 Å². The Labute approximate surface area is 128 Å². The van der Waals surface area contributed by atoms with E-state index in [2.05, 4.69) is 5.32 Å². The van der Waals surface area contributed by atoms with Crippen molar-refractivity contribution in [3.8, 4) is 0 Å². The first-order valence-electron chi connectivity index (χ1n) is 6.59. The van der Waals surface area contributed by atoms with Crippen molar-refractivity contribution < 1.29 is 18.7 Å². The number of benzene rings is 1. The maximum Gasteiger partial charge on any atom is 0.319 e. The summed E-state index contributed by atoms with van der Waals surface area (Å²) in [6, 6.07) is 3.82. The van der Waals surface area contributed by atoms with Crippen LogP contribution in [0.25, 0.3) is 0 Å². The molecular weight excluding hydrogens is 297 g/mol. The molecule has 0 saturated heterocycles. The fraction of sp³-hybridized carbons (Fsp3) is 0.467. The molecule has 0 aliphatic heterocycles. The van der Waals surface area contributed by atoms with E-state index in [0.717, 1.165) is 6.07 Å². The smallest absolute Gasteiger partial charge is 0.319 e. The molecule has 0 aliphatic rings. The molecule has 4 nitrogen and oxygen atoms in total. The number of halogens is 2. The van der Waals surface area contributed by atoms with Crippen LogP contribution < -0.4 is 5.32 Å². The van der Waals surface area contributed by atoms with Crippen molar-refractivity contribution in [3.05, 3.63) is 29.0 Å². The van der Waals surface area contributed by atoms with Crippen LogP contribution in [0, 0.1) is 17.2 Å². The van der Waals surface area contributed by atoms with Crippen molar-refractivity contribution in [1.82, 2.24) is 0 Å². The molecule has 0 saturated carbocycles. The van der Waals surface area contributed by atoms with Gasteiger partial charge in [-0.1, -0.05) is 32.4 Å². The van der Waals surface area contributed by atoms with E-state index in [-0.39, 0.29) is 11.6 Å². The molecule has 116 valence electrons. The second-order valence-electron chi connectivity index (χ2n) is 5.67. The first kappa shape index (κ1) is 17.4. The lowest BCUT2D eigenvalue weighted by atomic mass is 9.80. The molecule has 1 rings (SSSR count). The number of hydrogen-bond donors (Lipinski definition) is 1. The number of esters is 1. The lowest BCUT2D eigenvalue weighted by Gasteiger charge is -2.27. The Morgan fingerprint density at radius 3 is 2.48 bits per heavy atom. The Balaban J connectivity index is 2.96. The maximum absolute atomic E-state index is 13.1. The Bertz CT molecular complexity index is 540. The van der Waals surface area contributed by atoms with Crippen molar-refractivity contribution in [2.24, 2.45) is 11.3 Å². The van der Waals surface area contributed by atoms with E-state index >= 15 is 0 Å². The minimum Gasteiger partial charge on any atom is -0.465 e. The SMILES string of the molecule is CCOC(=O)C(C(=O)Nc1ccc(F)c(Cl)c1)C(C)(C)C. The van der Waals surface area contributed by atoms with Crippen LogP contribution in [0.15, 0.2) is 18.2 Å². The highest BCUT2D eigenvalue weighted by atomic mass is 35.5. The fourth-order valence-corrected chi connectivity index (χ4v) is 2.05. The molecule has 0 radical (unpaired) electrons. The summed E-state index contributed by atoms with van der Waals surface area (Å²) in [5.41, 5.74) is -0.287. The standard InChI is InChI=1S/C15H19ClFNO3/c1-5-21-14(20)12(15(2,3)4)13(19)18-9-6-7-11(17)10(16)8-9/h6-8,12H,5H2,1-4H3,(H,18,19). The minimum atomic E-state index is -0.971. The monoisotopic (exact) mass is 315 g/mol. The van der Waals surface area contributed by atoms with E-state index in [0.29, 0.717) is 5.69 Å². The van der Waals surface area contributed by atoms with E-state index in [1.54, 1.807) is 27.7 Å². The summed E-state index contributed by atoms with van der Waals surface area (Å²) in [5, 5.41) is 2.46. The minimum absolute atomic E-state index is 0.101. The van der Waals surface area contributed by atoms with Crippen LogP contribution in [-0.2, 0) is 14.3 Å². The number of hydrogen-bond acceptors (Lipinski definition) is 3. The third kappa shape index (κ3) is 4.70. The normalized spacial score (nSPS) is 12.7. The Kier molecular flexibility index (Phi) is 5.72. The first-order valence-corrected chi connectivity index (χ1v) is 6.97. The quantitative estimate of drug-likeness (QED) is 0.681. The molecule has 6 heteroatoms. The molecule has 21 heavy (non-hydrogen) atoms. The molecule has 1 unspecified atom stereocenters. The van der Waals surface area contributed by atoms with E-state index in [1.165, 1.54) is 12.1 Å². The van der Waals surface area contributed by atoms with Crippen LogP contribution in [0.4, 0.5) is 10.1 Å². The van der Waals surface area contributed by atoms with Gasteiger partial charge in [-0.2, -0.15) is 0 Å². The summed E-state index contributed by atoms with van der Waals surface area (Å²) < 4.78 is 18.0. The van der Waals surface area contributed by atoms with Crippen molar-refractivity contribution in [1.29, 1.82) is 0 Å². The third-order valence-corrected chi connectivity index (χ3v) is 3.13. The molecule has 0 bridgehead atoms. The highest BCUT2D eigenvalue weighted by molar-refractivity contribution is 6.31. The van der Waals surface area contributed by atoms with E-state index in [9.17, 15) is 14.0 Å². The van der Waals surface area contributed by atoms with Gasteiger partial charge in [0.1, 0.15) is 11.7 Å². The summed E-state index contributed by atoms with van der Waals surface area (Å²) in [6.07, 6.45) is 0. The molecule has 0 aromatic heterocycles. The van der Waals surface area contributed by atoms with Crippen LogP contribution >= 0.6 is 11.6 Å². The Hall–Kier alpha value is -1.62. The fourth-order valence-electron chi connectivity index (χ4n) is 1.87. The largest absolute Gasteiger partial charge is 0.465 e. The van der Waals surface area contributed by atoms with Crippen LogP contribution in [0.5, 0.6) is 0 Å². The van der Waals surface area contributed by atoms with Gasteiger partial charge in [0.15, 0.2) is 0 Å². The number of amides is 1. The van der Waals surface area contributed by atoms with Crippen molar-refractivity contribution in [2.45, 2.75) is 27.7 Å². The highest BCUT2D eigenvalue weighted by Gasteiger charge is 2.38. The summed E-state index contributed by atoms with van der Waals surface area (Å²) in [4.78, 5) is 24.3. The van der Waals surface area contributed by atoms with Gasteiger partial charge in [-0.3, -0.25) is 9.59 Å². The van der Waals surface area contributed by atoms with Crippen molar-refractivity contribution in [2.75, 3.05) is 11.9 Å².